The fourth-order valence-electron chi connectivity index (χ4n) is 2.07. The molecule has 4 rings (SSSR count). The molecule has 2 aromatic carbocycles. The van der Waals surface area contributed by atoms with Crippen LogP contribution in [0.5, 0.6) is 0 Å². The van der Waals surface area contributed by atoms with Crippen LogP contribution in [-0.2, 0) is 6.54 Å². The van der Waals surface area contributed by atoms with Crippen molar-refractivity contribution in [3.63, 3.8) is 0 Å². The smallest absolute Gasteiger partial charge is 0.206 e. The Bertz CT molecular complexity index is 932. The van der Waals surface area contributed by atoms with Crippen LogP contribution >= 0.6 is 34.4 Å². The highest BCUT2D eigenvalue weighted by atomic mass is 32.2. The van der Waals surface area contributed by atoms with Crippen molar-refractivity contribution in [2.24, 2.45) is 0 Å². The molecule has 8 heteroatoms. The Kier molecular flexibility index (Phi) is 4.42. The van der Waals surface area contributed by atoms with Gasteiger partial charge in [0.05, 0.1) is 10.2 Å². The molecule has 0 atom stereocenters. The number of rotatable bonds is 5. The van der Waals surface area contributed by atoms with Crippen molar-refractivity contribution in [3.8, 4) is 0 Å². The lowest BCUT2D eigenvalue weighted by Crippen LogP contribution is -1.98. The minimum Gasteiger partial charge on any atom is -0.356 e. The largest absolute Gasteiger partial charge is 0.356 e. The number of thiazole rings is 1. The summed E-state index contributed by atoms with van der Waals surface area (Å²) in [4.78, 5) is 4.58. The average molecular weight is 374 g/mol. The van der Waals surface area contributed by atoms with Gasteiger partial charge in [0.25, 0.3) is 0 Å². The van der Waals surface area contributed by atoms with Gasteiger partial charge in [-0.2, -0.15) is 0 Å². The molecule has 0 unspecified atom stereocenters. The normalized spacial score (nSPS) is 11.0. The minimum absolute atomic E-state index is 0.232. The van der Waals surface area contributed by atoms with Crippen molar-refractivity contribution >= 4 is 49.8 Å². The predicted molar refractivity (Wildman–Crippen MR) is 97.4 cm³/mol. The predicted octanol–water partition coefficient (Wildman–Crippen LogP) is 5.05. The first kappa shape index (κ1) is 15.5. The van der Waals surface area contributed by atoms with Gasteiger partial charge in [-0.25, -0.2) is 9.37 Å². The van der Waals surface area contributed by atoms with Gasteiger partial charge < -0.3 is 5.32 Å². The van der Waals surface area contributed by atoms with E-state index in [0.29, 0.717) is 6.54 Å². The summed E-state index contributed by atoms with van der Waals surface area (Å²) in [5, 5.41) is 12.3. The van der Waals surface area contributed by atoms with Crippen LogP contribution in [0, 0.1) is 5.82 Å². The quantitative estimate of drug-likeness (QED) is 0.530. The first-order valence-corrected chi connectivity index (χ1v) is 9.56. The molecular formula is C16H11FN4S3. The van der Waals surface area contributed by atoms with Crippen molar-refractivity contribution in [2.45, 2.75) is 15.2 Å². The number of benzene rings is 2. The van der Waals surface area contributed by atoms with E-state index in [-0.39, 0.29) is 5.82 Å². The number of nitrogens with zero attached hydrogens (tertiary/aromatic N) is 3. The number of hydrogen-bond donors (Lipinski definition) is 1. The van der Waals surface area contributed by atoms with Crippen LogP contribution in [0.25, 0.3) is 10.2 Å². The molecule has 24 heavy (non-hydrogen) atoms. The Morgan fingerprint density at radius 3 is 2.62 bits per heavy atom. The Morgan fingerprint density at radius 1 is 0.958 bits per heavy atom. The highest BCUT2D eigenvalue weighted by Crippen LogP contribution is 2.36. The molecule has 0 aliphatic heterocycles. The van der Waals surface area contributed by atoms with Gasteiger partial charge in [0.15, 0.2) is 8.68 Å². The van der Waals surface area contributed by atoms with Crippen LogP contribution in [0.2, 0.25) is 0 Å². The van der Waals surface area contributed by atoms with Crippen molar-refractivity contribution in [2.75, 3.05) is 5.32 Å². The van der Waals surface area contributed by atoms with E-state index < -0.39 is 0 Å². The molecule has 2 aromatic heterocycles. The lowest BCUT2D eigenvalue weighted by molar-refractivity contribution is 0.627. The van der Waals surface area contributed by atoms with E-state index in [1.165, 1.54) is 39.9 Å². The maximum Gasteiger partial charge on any atom is 0.206 e. The lowest BCUT2D eigenvalue weighted by Gasteiger charge is -2.01. The third-order valence-electron chi connectivity index (χ3n) is 3.21. The molecule has 0 aliphatic rings. The Balaban J connectivity index is 1.41. The van der Waals surface area contributed by atoms with Gasteiger partial charge in [-0.3, -0.25) is 0 Å². The second-order valence-corrected chi connectivity index (χ2v) is 8.41. The van der Waals surface area contributed by atoms with Crippen molar-refractivity contribution in [1.29, 1.82) is 0 Å². The van der Waals surface area contributed by atoms with Crippen molar-refractivity contribution < 1.29 is 4.39 Å². The van der Waals surface area contributed by atoms with Gasteiger partial charge in [0.2, 0.25) is 5.13 Å². The summed E-state index contributed by atoms with van der Waals surface area (Å²) in [6.07, 6.45) is 0. The van der Waals surface area contributed by atoms with E-state index in [1.807, 2.05) is 18.2 Å². The highest BCUT2D eigenvalue weighted by Gasteiger charge is 2.10. The van der Waals surface area contributed by atoms with E-state index in [0.717, 1.165) is 24.9 Å². The monoisotopic (exact) mass is 374 g/mol. The van der Waals surface area contributed by atoms with E-state index >= 15 is 0 Å². The van der Waals surface area contributed by atoms with E-state index in [2.05, 4.69) is 26.6 Å². The zero-order valence-electron chi connectivity index (χ0n) is 12.3. The van der Waals surface area contributed by atoms with Gasteiger partial charge in [-0.1, -0.05) is 35.6 Å². The molecule has 1 N–H and O–H groups in total. The van der Waals surface area contributed by atoms with Crippen LogP contribution in [-0.4, -0.2) is 15.2 Å². The van der Waals surface area contributed by atoms with Crippen molar-refractivity contribution in [3.05, 3.63) is 59.9 Å². The second-order valence-electron chi connectivity index (χ2n) is 4.90. The number of anilines is 1. The summed E-state index contributed by atoms with van der Waals surface area (Å²) in [6.45, 7) is 0.584. The number of para-hydroxylation sites is 1. The molecule has 4 nitrogen and oxygen atoms in total. The summed E-state index contributed by atoms with van der Waals surface area (Å²) in [5.41, 5.74) is 2.00. The zero-order chi connectivity index (χ0) is 16.4. The fraction of sp³-hybridized carbons (Fsp3) is 0.0625. The maximum absolute atomic E-state index is 12.9. The summed E-state index contributed by atoms with van der Waals surface area (Å²) in [6, 6.07) is 14.5. The average Bonchev–Trinajstić information content (AvgIpc) is 3.20. The Hall–Kier alpha value is -2.03. The topological polar surface area (TPSA) is 50.7 Å². The first-order valence-electron chi connectivity index (χ1n) is 7.11. The molecule has 0 saturated carbocycles. The van der Waals surface area contributed by atoms with E-state index in [4.69, 9.17) is 0 Å². The van der Waals surface area contributed by atoms with E-state index in [1.54, 1.807) is 23.5 Å². The van der Waals surface area contributed by atoms with Crippen LogP contribution in [0.3, 0.4) is 0 Å². The molecule has 0 bridgehead atoms. The van der Waals surface area contributed by atoms with Gasteiger partial charge in [-0.05, 0) is 41.6 Å². The number of fused-ring (bicyclic) bond motifs is 1. The highest BCUT2D eigenvalue weighted by molar-refractivity contribution is 8.02. The molecule has 0 spiro atoms. The van der Waals surface area contributed by atoms with E-state index in [9.17, 15) is 4.39 Å². The molecule has 120 valence electrons. The van der Waals surface area contributed by atoms with Crippen LogP contribution < -0.4 is 5.32 Å². The third-order valence-corrected chi connectivity index (χ3v) is 6.24. The van der Waals surface area contributed by atoms with Gasteiger partial charge in [0.1, 0.15) is 5.82 Å². The Labute approximate surface area is 149 Å². The van der Waals surface area contributed by atoms with Gasteiger partial charge >= 0.3 is 0 Å². The number of halogens is 1. The molecule has 2 heterocycles. The maximum atomic E-state index is 12.9. The standard InChI is InChI=1S/C16H11FN4S3/c17-11-7-5-10(6-8-11)9-18-14-20-21-16(23-14)24-15-19-12-3-1-2-4-13(12)22-15/h1-8H,9H2,(H,18,20). The molecular weight excluding hydrogens is 363 g/mol. The molecule has 0 saturated heterocycles. The van der Waals surface area contributed by atoms with Crippen LogP contribution in [0.4, 0.5) is 9.52 Å². The number of hydrogen-bond acceptors (Lipinski definition) is 7. The molecule has 0 amide bonds. The third kappa shape index (κ3) is 3.55. The summed E-state index contributed by atoms with van der Waals surface area (Å²) in [7, 11) is 0. The summed E-state index contributed by atoms with van der Waals surface area (Å²) in [5.74, 6) is -0.232. The molecule has 4 aromatic rings. The number of aromatic nitrogens is 3. The molecule has 0 radical (unpaired) electrons. The lowest BCUT2D eigenvalue weighted by atomic mass is 10.2. The fourth-order valence-corrected chi connectivity index (χ4v) is 5.09. The van der Waals surface area contributed by atoms with Crippen LogP contribution in [0.15, 0.2) is 57.2 Å². The number of nitrogens with one attached hydrogen (secondary N) is 1. The SMILES string of the molecule is Fc1ccc(CNc2nnc(Sc3nc4ccccc4s3)s2)cc1. The van der Waals surface area contributed by atoms with Crippen LogP contribution in [0.1, 0.15) is 5.56 Å². The zero-order valence-corrected chi connectivity index (χ0v) is 14.7. The molecule has 0 aliphatic carbocycles. The van der Waals surface area contributed by atoms with Gasteiger partial charge in [0, 0.05) is 6.54 Å². The summed E-state index contributed by atoms with van der Waals surface area (Å²) < 4.78 is 15.9. The minimum atomic E-state index is -0.232. The molecule has 0 fully saturated rings. The second kappa shape index (κ2) is 6.84. The van der Waals surface area contributed by atoms with Gasteiger partial charge in [-0.15, -0.1) is 21.5 Å². The Morgan fingerprint density at radius 2 is 1.79 bits per heavy atom. The van der Waals surface area contributed by atoms with Crippen molar-refractivity contribution in [1.82, 2.24) is 15.2 Å². The first-order chi connectivity index (χ1) is 11.8. The summed E-state index contributed by atoms with van der Waals surface area (Å²) >= 11 is 4.65.